The number of aromatic nitrogens is 3. The second-order valence-corrected chi connectivity index (χ2v) is 9.75. The van der Waals surface area contributed by atoms with Crippen LogP contribution in [0.5, 0.6) is 5.75 Å². The molecule has 1 aromatic heterocycles. The lowest BCUT2D eigenvalue weighted by atomic mass is 10.1. The molecule has 0 radical (unpaired) electrons. The summed E-state index contributed by atoms with van der Waals surface area (Å²) in [6, 6.07) is 21.0. The predicted molar refractivity (Wildman–Crippen MR) is 138 cm³/mol. The number of halogens is 1. The Labute approximate surface area is 218 Å². The zero-order valence-electron chi connectivity index (χ0n) is 19.0. The van der Waals surface area contributed by atoms with Crippen LogP contribution in [-0.4, -0.2) is 31.2 Å². The van der Waals surface area contributed by atoms with Gasteiger partial charge in [0.25, 0.3) is 5.69 Å². The maximum atomic E-state index is 11.5. The molecule has 0 amide bonds. The van der Waals surface area contributed by atoms with Crippen LogP contribution in [0, 0.1) is 27.2 Å². The fraction of sp³-hybridized carbons (Fsp3) is 0.167. The number of hydrogen-bond donors (Lipinski definition) is 0. The van der Waals surface area contributed by atoms with Crippen molar-refractivity contribution in [2.24, 2.45) is 0 Å². The Morgan fingerprint density at radius 3 is 2.39 bits per heavy atom. The van der Waals surface area contributed by atoms with Crippen molar-refractivity contribution in [2.45, 2.75) is 23.9 Å². The SMILES string of the molecule is Cc1nnc(S[C@H](C[N+](=O)[O-])c2ccc(OCc3ccc([N+](=O)[O-])cc3)c(Br)c2)n1-c1ccccc1. The van der Waals surface area contributed by atoms with Gasteiger partial charge in [-0.05, 0) is 70.4 Å². The Bertz CT molecular complexity index is 1380. The number of aryl methyl sites for hydroxylation is 1. The number of nitro benzene ring substituents is 1. The minimum absolute atomic E-state index is 0.0110. The lowest BCUT2D eigenvalue weighted by Crippen LogP contribution is -2.11. The molecule has 0 saturated carbocycles. The molecular weight excluding hydrogens is 550 g/mol. The summed E-state index contributed by atoms with van der Waals surface area (Å²) in [4.78, 5) is 21.5. The van der Waals surface area contributed by atoms with Crippen LogP contribution in [0.1, 0.15) is 22.2 Å². The number of para-hydroxylation sites is 1. The first-order chi connectivity index (χ1) is 17.3. The maximum Gasteiger partial charge on any atom is 0.269 e. The molecule has 0 fully saturated rings. The molecule has 4 rings (SSSR count). The molecule has 12 heteroatoms. The summed E-state index contributed by atoms with van der Waals surface area (Å²) in [5.41, 5.74) is 2.39. The molecule has 36 heavy (non-hydrogen) atoms. The molecule has 0 aliphatic heterocycles. The molecule has 0 N–H and O–H groups in total. The number of nitro groups is 2. The summed E-state index contributed by atoms with van der Waals surface area (Å²) in [7, 11) is 0. The van der Waals surface area contributed by atoms with Crippen molar-refractivity contribution in [3.8, 4) is 11.4 Å². The van der Waals surface area contributed by atoms with Crippen molar-refractivity contribution in [2.75, 3.05) is 6.54 Å². The molecule has 10 nitrogen and oxygen atoms in total. The molecule has 3 aromatic carbocycles. The monoisotopic (exact) mass is 569 g/mol. The molecule has 1 atom stereocenters. The third-order valence-electron chi connectivity index (χ3n) is 5.24. The Kier molecular flexibility index (Phi) is 7.96. The Morgan fingerprint density at radius 2 is 1.75 bits per heavy atom. The molecular formula is C24H20BrN5O5S. The highest BCUT2D eigenvalue weighted by molar-refractivity contribution is 9.10. The van der Waals surface area contributed by atoms with Gasteiger partial charge in [-0.1, -0.05) is 36.0 Å². The van der Waals surface area contributed by atoms with Gasteiger partial charge in [0, 0.05) is 22.7 Å². The first-order valence-electron chi connectivity index (χ1n) is 10.7. The minimum atomic E-state index is -0.522. The summed E-state index contributed by atoms with van der Waals surface area (Å²) >= 11 is 4.77. The van der Waals surface area contributed by atoms with Gasteiger partial charge in [0.2, 0.25) is 6.54 Å². The molecule has 1 heterocycles. The van der Waals surface area contributed by atoms with Gasteiger partial charge < -0.3 is 4.74 Å². The number of hydrogen-bond acceptors (Lipinski definition) is 8. The van der Waals surface area contributed by atoms with E-state index in [1.54, 1.807) is 30.3 Å². The Balaban J connectivity index is 1.53. The number of thioether (sulfide) groups is 1. The van der Waals surface area contributed by atoms with Crippen LogP contribution < -0.4 is 4.74 Å². The number of ether oxygens (including phenoxy) is 1. The summed E-state index contributed by atoms with van der Waals surface area (Å²) < 4.78 is 8.36. The molecule has 0 bridgehead atoms. The van der Waals surface area contributed by atoms with Gasteiger partial charge in [0.15, 0.2) is 5.16 Å². The van der Waals surface area contributed by atoms with Crippen LogP contribution in [0.25, 0.3) is 5.69 Å². The lowest BCUT2D eigenvalue weighted by Gasteiger charge is -2.16. The van der Waals surface area contributed by atoms with Crippen LogP contribution in [0.15, 0.2) is 82.4 Å². The average Bonchev–Trinajstić information content (AvgIpc) is 3.23. The second kappa shape index (κ2) is 11.3. The van der Waals surface area contributed by atoms with E-state index in [0.29, 0.717) is 21.2 Å². The highest BCUT2D eigenvalue weighted by Crippen LogP contribution is 2.38. The average molecular weight is 570 g/mol. The second-order valence-electron chi connectivity index (χ2n) is 7.72. The van der Waals surface area contributed by atoms with Crippen molar-refractivity contribution >= 4 is 33.4 Å². The molecule has 0 aliphatic rings. The topological polar surface area (TPSA) is 126 Å². The van der Waals surface area contributed by atoms with Crippen LogP contribution >= 0.6 is 27.7 Å². The van der Waals surface area contributed by atoms with Crippen molar-refractivity contribution < 1.29 is 14.6 Å². The van der Waals surface area contributed by atoms with Crippen LogP contribution in [0.2, 0.25) is 0 Å². The fourth-order valence-electron chi connectivity index (χ4n) is 3.48. The van der Waals surface area contributed by atoms with E-state index in [1.807, 2.05) is 41.8 Å². The summed E-state index contributed by atoms with van der Waals surface area (Å²) in [6.45, 7) is 1.74. The van der Waals surface area contributed by atoms with Crippen LogP contribution in [0.4, 0.5) is 5.69 Å². The Hall–Kier alpha value is -3.77. The summed E-state index contributed by atoms with van der Waals surface area (Å²) in [5.74, 6) is 1.23. The van der Waals surface area contributed by atoms with Crippen LogP contribution in [0.3, 0.4) is 0 Å². The van der Waals surface area contributed by atoms with Crippen molar-refractivity contribution in [3.63, 3.8) is 0 Å². The number of non-ortho nitro benzene ring substituents is 1. The van der Waals surface area contributed by atoms with Crippen molar-refractivity contribution in [1.82, 2.24) is 14.8 Å². The summed E-state index contributed by atoms with van der Waals surface area (Å²) in [6.07, 6.45) is 0. The zero-order chi connectivity index (χ0) is 25.7. The standard InChI is InChI=1S/C24H20BrN5O5S/c1-16-26-27-24(29(16)19-5-3-2-4-6-19)36-23(14-28(31)32)18-9-12-22(21(25)13-18)35-15-17-7-10-20(11-8-17)30(33)34/h2-13,23H,14-15H2,1H3/t23-/m1/s1. The normalized spacial score (nSPS) is 11.7. The van der Waals surface area contributed by atoms with E-state index < -0.39 is 10.2 Å². The first-order valence-corrected chi connectivity index (χ1v) is 12.4. The highest BCUT2D eigenvalue weighted by Gasteiger charge is 2.24. The first kappa shape index (κ1) is 25.3. The molecule has 0 unspecified atom stereocenters. The van der Waals surface area contributed by atoms with Crippen molar-refractivity contribution in [3.05, 3.63) is 114 Å². The van der Waals surface area contributed by atoms with E-state index in [4.69, 9.17) is 4.74 Å². The summed E-state index contributed by atoms with van der Waals surface area (Å²) in [5, 5.41) is 30.8. The van der Waals surface area contributed by atoms with Gasteiger partial charge in [-0.25, -0.2) is 0 Å². The van der Waals surface area contributed by atoms with E-state index in [0.717, 1.165) is 16.8 Å². The third-order valence-corrected chi connectivity index (χ3v) is 7.04. The molecule has 0 spiro atoms. The Morgan fingerprint density at radius 1 is 1.03 bits per heavy atom. The largest absolute Gasteiger partial charge is 0.488 e. The number of rotatable bonds is 10. The fourth-order valence-corrected chi connectivity index (χ4v) is 5.15. The van der Waals surface area contributed by atoms with Gasteiger partial charge in [0.05, 0.1) is 9.40 Å². The van der Waals surface area contributed by atoms with Gasteiger partial charge in [0.1, 0.15) is 23.4 Å². The number of nitrogens with zero attached hydrogens (tertiary/aromatic N) is 5. The van der Waals surface area contributed by atoms with E-state index in [9.17, 15) is 20.2 Å². The third kappa shape index (κ3) is 6.07. The van der Waals surface area contributed by atoms with E-state index >= 15 is 0 Å². The van der Waals surface area contributed by atoms with Gasteiger partial charge in [-0.3, -0.25) is 24.8 Å². The molecule has 0 aliphatic carbocycles. The quantitative estimate of drug-likeness (QED) is 0.130. The molecule has 4 aromatic rings. The zero-order valence-corrected chi connectivity index (χ0v) is 21.4. The van der Waals surface area contributed by atoms with E-state index in [-0.39, 0.29) is 23.8 Å². The predicted octanol–water partition coefficient (Wildman–Crippen LogP) is 5.94. The number of benzene rings is 3. The van der Waals surface area contributed by atoms with Gasteiger partial charge >= 0.3 is 0 Å². The van der Waals surface area contributed by atoms with Crippen molar-refractivity contribution in [1.29, 1.82) is 0 Å². The smallest absolute Gasteiger partial charge is 0.269 e. The van der Waals surface area contributed by atoms with Gasteiger partial charge in [-0.2, -0.15) is 0 Å². The van der Waals surface area contributed by atoms with E-state index in [1.165, 1.54) is 23.9 Å². The van der Waals surface area contributed by atoms with Crippen LogP contribution in [-0.2, 0) is 6.61 Å². The van der Waals surface area contributed by atoms with E-state index in [2.05, 4.69) is 26.1 Å². The molecule has 0 saturated heterocycles. The minimum Gasteiger partial charge on any atom is -0.488 e. The maximum absolute atomic E-state index is 11.5. The van der Waals surface area contributed by atoms with Gasteiger partial charge in [-0.15, -0.1) is 10.2 Å². The highest BCUT2D eigenvalue weighted by atomic mass is 79.9. The lowest BCUT2D eigenvalue weighted by molar-refractivity contribution is -0.479. The molecule has 184 valence electrons.